The van der Waals surface area contributed by atoms with Crippen molar-refractivity contribution in [2.75, 3.05) is 0 Å². The van der Waals surface area contributed by atoms with E-state index in [9.17, 15) is 0 Å². The number of hydrogen-bond acceptors (Lipinski definition) is 2. The maximum absolute atomic E-state index is 5.41. The molecule has 0 unspecified atom stereocenters. The fourth-order valence-corrected chi connectivity index (χ4v) is 3.76. The van der Waals surface area contributed by atoms with Gasteiger partial charge in [0.15, 0.2) is 0 Å². The number of furan rings is 1. The summed E-state index contributed by atoms with van der Waals surface area (Å²) < 4.78 is 7.76. The number of benzene rings is 1. The lowest BCUT2D eigenvalue weighted by Crippen LogP contribution is -2.00. The first-order chi connectivity index (χ1) is 13.9. The fraction of sp³-hybridized carbons (Fsp3) is 0.480. The highest BCUT2D eigenvalue weighted by molar-refractivity contribution is 5.79. The summed E-state index contributed by atoms with van der Waals surface area (Å²) in [5, 5.41) is 0. The molecule has 0 spiro atoms. The molecule has 150 valence electrons. The van der Waals surface area contributed by atoms with Crippen LogP contribution in [0.3, 0.4) is 0 Å². The van der Waals surface area contributed by atoms with E-state index in [1.165, 1.54) is 69.7 Å². The molecule has 0 saturated carbocycles. The van der Waals surface area contributed by atoms with Crippen LogP contribution in [0, 0.1) is 0 Å². The summed E-state index contributed by atoms with van der Waals surface area (Å²) in [7, 11) is 0. The second-order valence-electron chi connectivity index (χ2n) is 7.64. The Hall–Kier alpha value is -2.29. The Morgan fingerprint density at radius 2 is 1.54 bits per heavy atom. The Kier molecular flexibility index (Phi) is 8.42. The smallest absolute Gasteiger partial charge is 0.133 e. The summed E-state index contributed by atoms with van der Waals surface area (Å²) in [5.41, 5.74) is 2.28. The fourth-order valence-electron chi connectivity index (χ4n) is 3.76. The third-order valence-electron chi connectivity index (χ3n) is 5.36. The van der Waals surface area contributed by atoms with Gasteiger partial charge in [0.05, 0.1) is 17.3 Å². The number of aromatic nitrogens is 2. The Morgan fingerprint density at radius 1 is 0.821 bits per heavy atom. The summed E-state index contributed by atoms with van der Waals surface area (Å²) in [6, 6.07) is 12.3. The van der Waals surface area contributed by atoms with Crippen LogP contribution < -0.4 is 0 Å². The van der Waals surface area contributed by atoms with Crippen LogP contribution >= 0.6 is 0 Å². The van der Waals surface area contributed by atoms with Crippen molar-refractivity contribution in [1.82, 2.24) is 9.55 Å². The van der Waals surface area contributed by atoms with Crippen LogP contribution in [-0.2, 0) is 6.54 Å². The van der Waals surface area contributed by atoms with Crippen molar-refractivity contribution in [1.29, 1.82) is 0 Å². The van der Waals surface area contributed by atoms with Crippen molar-refractivity contribution in [3.63, 3.8) is 0 Å². The van der Waals surface area contributed by atoms with E-state index < -0.39 is 0 Å². The molecule has 0 bridgehead atoms. The van der Waals surface area contributed by atoms with Gasteiger partial charge in [-0.05, 0) is 42.8 Å². The van der Waals surface area contributed by atoms with Crippen molar-refractivity contribution in [3.05, 3.63) is 54.2 Å². The zero-order valence-electron chi connectivity index (χ0n) is 17.3. The highest BCUT2D eigenvalue weighted by Gasteiger charge is 2.08. The minimum atomic E-state index is 0.859. The number of rotatable bonds is 13. The molecule has 0 saturated heterocycles. The topological polar surface area (TPSA) is 31.0 Å². The third-order valence-corrected chi connectivity index (χ3v) is 5.36. The summed E-state index contributed by atoms with van der Waals surface area (Å²) >= 11 is 0. The van der Waals surface area contributed by atoms with Gasteiger partial charge in [-0.3, -0.25) is 0 Å². The first-order valence-corrected chi connectivity index (χ1v) is 11.1. The van der Waals surface area contributed by atoms with Crippen LogP contribution in [0.4, 0.5) is 0 Å². The molecule has 1 aromatic carbocycles. The summed E-state index contributed by atoms with van der Waals surface area (Å²) in [6.07, 6.45) is 19.4. The SMILES string of the molecule is CCCCCCCCCCCCn1c(/C=C/c2ccco2)nc2ccccc21. The molecule has 0 fully saturated rings. The van der Waals surface area contributed by atoms with Gasteiger partial charge in [-0.15, -0.1) is 0 Å². The predicted octanol–water partition coefficient (Wildman–Crippen LogP) is 7.72. The Labute approximate surface area is 169 Å². The van der Waals surface area contributed by atoms with Crippen LogP contribution in [-0.4, -0.2) is 9.55 Å². The van der Waals surface area contributed by atoms with Crippen LogP contribution in [0.2, 0.25) is 0 Å². The van der Waals surface area contributed by atoms with Gasteiger partial charge in [-0.1, -0.05) is 76.8 Å². The number of hydrogen-bond donors (Lipinski definition) is 0. The normalized spacial score (nSPS) is 11.8. The zero-order chi connectivity index (χ0) is 19.4. The largest absolute Gasteiger partial charge is 0.465 e. The standard InChI is InChI=1S/C25H34N2O/c1-2-3-4-5-6-7-8-9-10-13-20-27-24-17-12-11-16-23(24)26-25(27)19-18-22-15-14-21-28-22/h11-12,14-19,21H,2-10,13,20H2,1H3/b19-18+. The molecule has 0 atom stereocenters. The highest BCUT2D eigenvalue weighted by atomic mass is 16.3. The van der Waals surface area contributed by atoms with Gasteiger partial charge < -0.3 is 8.98 Å². The molecule has 28 heavy (non-hydrogen) atoms. The quantitative estimate of drug-likeness (QED) is 0.285. The second-order valence-corrected chi connectivity index (χ2v) is 7.64. The summed E-state index contributed by atoms with van der Waals surface area (Å²) in [6.45, 7) is 3.30. The van der Waals surface area contributed by atoms with E-state index in [0.29, 0.717) is 0 Å². The van der Waals surface area contributed by atoms with Gasteiger partial charge in [0.1, 0.15) is 11.6 Å². The number of imidazole rings is 1. The van der Waals surface area contributed by atoms with E-state index in [1.807, 2.05) is 18.2 Å². The van der Waals surface area contributed by atoms with E-state index in [4.69, 9.17) is 9.40 Å². The zero-order valence-corrected chi connectivity index (χ0v) is 17.3. The lowest BCUT2D eigenvalue weighted by molar-refractivity contribution is 0.537. The lowest BCUT2D eigenvalue weighted by Gasteiger charge is -2.07. The number of unbranched alkanes of at least 4 members (excludes halogenated alkanes) is 9. The van der Waals surface area contributed by atoms with Gasteiger partial charge in [-0.25, -0.2) is 4.98 Å². The van der Waals surface area contributed by atoms with Gasteiger partial charge in [0.25, 0.3) is 0 Å². The molecule has 3 rings (SSSR count). The molecule has 0 radical (unpaired) electrons. The minimum absolute atomic E-state index is 0.859. The number of fused-ring (bicyclic) bond motifs is 1. The van der Waals surface area contributed by atoms with Crippen LogP contribution in [0.15, 0.2) is 47.1 Å². The van der Waals surface area contributed by atoms with Crippen molar-refractivity contribution < 1.29 is 4.42 Å². The Morgan fingerprint density at radius 3 is 2.25 bits per heavy atom. The number of para-hydroxylation sites is 2. The molecule has 3 heteroatoms. The Balaban J connectivity index is 1.49. The molecule has 0 amide bonds. The maximum atomic E-state index is 5.41. The van der Waals surface area contributed by atoms with E-state index in [2.05, 4.69) is 41.8 Å². The van der Waals surface area contributed by atoms with E-state index >= 15 is 0 Å². The van der Waals surface area contributed by atoms with Gasteiger partial charge in [0.2, 0.25) is 0 Å². The molecule has 3 aromatic rings. The first kappa shape index (κ1) is 20.4. The van der Waals surface area contributed by atoms with Crippen molar-refractivity contribution >= 4 is 23.2 Å². The molecular formula is C25H34N2O. The molecule has 0 aliphatic heterocycles. The van der Waals surface area contributed by atoms with Gasteiger partial charge >= 0.3 is 0 Å². The van der Waals surface area contributed by atoms with Crippen molar-refractivity contribution in [2.24, 2.45) is 0 Å². The number of nitrogens with zero attached hydrogens (tertiary/aromatic N) is 2. The summed E-state index contributed by atoms with van der Waals surface area (Å²) in [5.74, 6) is 1.87. The molecule has 0 aliphatic rings. The van der Waals surface area contributed by atoms with Crippen molar-refractivity contribution in [2.45, 2.75) is 77.7 Å². The van der Waals surface area contributed by atoms with Crippen LogP contribution in [0.1, 0.15) is 82.7 Å². The van der Waals surface area contributed by atoms with Crippen LogP contribution in [0.5, 0.6) is 0 Å². The monoisotopic (exact) mass is 378 g/mol. The predicted molar refractivity (Wildman–Crippen MR) is 119 cm³/mol. The molecular weight excluding hydrogens is 344 g/mol. The average molecular weight is 379 g/mol. The second kappa shape index (κ2) is 11.5. The first-order valence-electron chi connectivity index (χ1n) is 11.1. The molecule has 3 nitrogen and oxygen atoms in total. The number of aryl methyl sites for hydroxylation is 1. The highest BCUT2D eigenvalue weighted by Crippen LogP contribution is 2.20. The molecule has 0 N–H and O–H groups in total. The lowest BCUT2D eigenvalue weighted by atomic mass is 10.1. The minimum Gasteiger partial charge on any atom is -0.465 e. The summed E-state index contributed by atoms with van der Waals surface area (Å²) in [4.78, 5) is 4.81. The maximum Gasteiger partial charge on any atom is 0.133 e. The van der Waals surface area contributed by atoms with Gasteiger partial charge in [0, 0.05) is 6.54 Å². The average Bonchev–Trinajstić information content (AvgIpc) is 3.35. The third kappa shape index (κ3) is 6.12. The Bertz CT molecular complexity index is 829. The van der Waals surface area contributed by atoms with E-state index in [1.54, 1.807) is 6.26 Å². The van der Waals surface area contributed by atoms with Gasteiger partial charge in [-0.2, -0.15) is 0 Å². The molecule has 2 heterocycles. The van der Waals surface area contributed by atoms with Crippen molar-refractivity contribution in [3.8, 4) is 0 Å². The molecule has 2 aromatic heterocycles. The van der Waals surface area contributed by atoms with Crippen LogP contribution in [0.25, 0.3) is 23.2 Å². The molecule has 0 aliphatic carbocycles. The van der Waals surface area contributed by atoms with E-state index in [-0.39, 0.29) is 0 Å². The van der Waals surface area contributed by atoms with E-state index in [0.717, 1.165) is 23.6 Å².